The lowest BCUT2D eigenvalue weighted by Gasteiger charge is -2.57. The van der Waals surface area contributed by atoms with Crippen LogP contribution in [0, 0.1) is 29.1 Å². The van der Waals surface area contributed by atoms with Crippen molar-refractivity contribution in [1.82, 2.24) is 0 Å². The first-order valence-corrected chi connectivity index (χ1v) is 15.6. The molecule has 0 aromatic heterocycles. The summed E-state index contributed by atoms with van der Waals surface area (Å²) in [5, 5.41) is 0. The van der Waals surface area contributed by atoms with Gasteiger partial charge in [-0.2, -0.15) is 0 Å². The molecule has 4 fully saturated rings. The average Bonchev–Trinajstić information content (AvgIpc) is 3.32. The van der Waals surface area contributed by atoms with Crippen LogP contribution < -0.4 is 0 Å². The molecule has 1 atom stereocenters. The van der Waals surface area contributed by atoms with Crippen LogP contribution in [0.2, 0.25) is 0 Å². The molecule has 0 radical (unpaired) electrons. The van der Waals surface area contributed by atoms with Crippen LogP contribution in [-0.4, -0.2) is 0 Å². The first kappa shape index (κ1) is 24.9. The lowest BCUT2D eigenvalue weighted by atomic mass is 9.47. The molecule has 0 heterocycles. The van der Waals surface area contributed by atoms with Crippen molar-refractivity contribution >= 4 is 5.57 Å². The van der Waals surface area contributed by atoms with Crippen LogP contribution in [0.1, 0.15) is 122 Å². The van der Waals surface area contributed by atoms with Gasteiger partial charge in [-0.1, -0.05) is 78.8 Å². The summed E-state index contributed by atoms with van der Waals surface area (Å²) >= 11 is 0. The van der Waals surface area contributed by atoms with Crippen LogP contribution >= 0.6 is 0 Å². The summed E-state index contributed by atoms with van der Waals surface area (Å²) < 4.78 is 0. The fraction of sp³-hybridized carbons (Fsp3) is 0.579. The maximum atomic E-state index is 2.72. The molecule has 1 unspecified atom stereocenters. The standard InChI is InChI=1S/C38H48/c1-22-11-33(38-19-24-12-25(20-38)14-26(13-24)21-38)23(2)35(22)32-18-31-28(17-34(32)37(6,7)8)15-27-16-29(36(3,4)5)9-10-30(27)31/h9-11,16-18,22,24-26H,12-15,19-21H2,1-8H3. The zero-order valence-corrected chi connectivity index (χ0v) is 25.2. The minimum atomic E-state index is 0.117. The topological polar surface area (TPSA) is 0 Å². The summed E-state index contributed by atoms with van der Waals surface area (Å²) in [6.45, 7) is 19.2. The molecule has 0 spiro atoms. The van der Waals surface area contributed by atoms with Gasteiger partial charge in [0.2, 0.25) is 0 Å². The van der Waals surface area contributed by atoms with Crippen LogP contribution in [0.5, 0.6) is 0 Å². The maximum Gasteiger partial charge on any atom is 0.000446 e. The Kier molecular flexibility index (Phi) is 5.24. The molecular weight excluding hydrogens is 456 g/mol. The highest BCUT2D eigenvalue weighted by molar-refractivity contribution is 5.87. The summed E-state index contributed by atoms with van der Waals surface area (Å²) in [6, 6.07) is 12.5. The molecule has 2 aromatic carbocycles. The monoisotopic (exact) mass is 504 g/mol. The van der Waals surface area contributed by atoms with Crippen LogP contribution in [0.4, 0.5) is 0 Å². The van der Waals surface area contributed by atoms with Crippen molar-refractivity contribution in [2.75, 3.05) is 0 Å². The van der Waals surface area contributed by atoms with E-state index in [1.807, 2.05) is 0 Å². The molecule has 0 heteroatoms. The molecule has 4 saturated carbocycles. The lowest BCUT2D eigenvalue weighted by Crippen LogP contribution is -2.47. The van der Waals surface area contributed by atoms with E-state index in [1.54, 1.807) is 22.3 Å². The Morgan fingerprint density at radius 1 is 0.711 bits per heavy atom. The molecule has 8 rings (SSSR count). The molecule has 0 aliphatic heterocycles. The summed E-state index contributed by atoms with van der Waals surface area (Å²) in [6.07, 6.45) is 12.7. The first-order chi connectivity index (χ1) is 17.8. The second-order valence-electron chi connectivity index (χ2n) is 16.2. The Hall–Kier alpha value is -2.08. The normalized spacial score (nSPS) is 31.6. The third-order valence-electron chi connectivity index (χ3n) is 11.3. The summed E-state index contributed by atoms with van der Waals surface area (Å²) in [4.78, 5) is 0. The molecule has 0 saturated heterocycles. The Labute approximate surface area is 232 Å². The smallest absolute Gasteiger partial charge is 0.000446 e. The Balaban J connectivity index is 1.35. The van der Waals surface area contributed by atoms with Gasteiger partial charge in [0.05, 0.1) is 0 Å². The van der Waals surface area contributed by atoms with Crippen LogP contribution in [-0.2, 0) is 17.3 Å². The van der Waals surface area contributed by atoms with Gasteiger partial charge in [-0.3, -0.25) is 0 Å². The molecule has 0 nitrogen and oxygen atoms in total. The van der Waals surface area contributed by atoms with Gasteiger partial charge in [0.1, 0.15) is 0 Å². The van der Waals surface area contributed by atoms with Gasteiger partial charge in [0, 0.05) is 5.92 Å². The number of hydrogen-bond donors (Lipinski definition) is 0. The average molecular weight is 505 g/mol. The third-order valence-corrected chi connectivity index (χ3v) is 11.3. The van der Waals surface area contributed by atoms with E-state index in [2.05, 4.69) is 91.8 Å². The summed E-state index contributed by atoms with van der Waals surface area (Å²) in [7, 11) is 0. The van der Waals surface area contributed by atoms with Crippen LogP contribution in [0.15, 0.2) is 47.6 Å². The van der Waals surface area contributed by atoms with E-state index in [0.29, 0.717) is 11.3 Å². The zero-order chi connectivity index (χ0) is 26.8. The van der Waals surface area contributed by atoms with Crippen molar-refractivity contribution < 1.29 is 0 Å². The number of fused-ring (bicyclic) bond motifs is 3. The fourth-order valence-corrected chi connectivity index (χ4v) is 9.97. The summed E-state index contributed by atoms with van der Waals surface area (Å²) in [5.41, 5.74) is 16.3. The van der Waals surface area contributed by atoms with Gasteiger partial charge in [0.25, 0.3) is 0 Å². The highest BCUT2D eigenvalue weighted by atomic mass is 14.6. The molecular formula is C38H48. The summed E-state index contributed by atoms with van der Waals surface area (Å²) in [5.74, 6) is 3.48. The van der Waals surface area contributed by atoms with Gasteiger partial charge < -0.3 is 0 Å². The molecule has 6 aliphatic rings. The molecule has 38 heavy (non-hydrogen) atoms. The van der Waals surface area contributed by atoms with E-state index < -0.39 is 0 Å². The molecule has 2 aromatic rings. The third kappa shape index (κ3) is 3.68. The van der Waals surface area contributed by atoms with Crippen LogP contribution in [0.3, 0.4) is 0 Å². The van der Waals surface area contributed by atoms with E-state index >= 15 is 0 Å². The molecule has 0 amide bonds. The van der Waals surface area contributed by atoms with E-state index in [-0.39, 0.29) is 10.8 Å². The maximum absolute atomic E-state index is 2.72. The quantitative estimate of drug-likeness (QED) is 0.325. The van der Waals surface area contributed by atoms with Gasteiger partial charge >= 0.3 is 0 Å². The highest BCUT2D eigenvalue weighted by Gasteiger charge is 2.53. The number of hydrogen-bond acceptors (Lipinski definition) is 0. The van der Waals surface area contributed by atoms with E-state index in [9.17, 15) is 0 Å². The van der Waals surface area contributed by atoms with Crippen LogP contribution in [0.25, 0.3) is 16.7 Å². The Morgan fingerprint density at radius 3 is 1.89 bits per heavy atom. The van der Waals surface area contributed by atoms with Gasteiger partial charge in [-0.15, -0.1) is 0 Å². The van der Waals surface area contributed by atoms with Crippen molar-refractivity contribution in [3.8, 4) is 11.1 Å². The van der Waals surface area contributed by atoms with Gasteiger partial charge in [-0.25, -0.2) is 0 Å². The number of allylic oxidation sites excluding steroid dienone is 4. The van der Waals surface area contributed by atoms with Crippen molar-refractivity contribution in [3.05, 3.63) is 75.4 Å². The van der Waals surface area contributed by atoms with Gasteiger partial charge in [-0.05, 0) is 148 Å². The van der Waals surface area contributed by atoms with E-state index in [0.717, 1.165) is 24.2 Å². The lowest BCUT2D eigenvalue weighted by molar-refractivity contribution is -0.0291. The zero-order valence-electron chi connectivity index (χ0n) is 25.2. The van der Waals surface area contributed by atoms with Crippen molar-refractivity contribution in [2.24, 2.45) is 29.1 Å². The predicted molar refractivity (Wildman–Crippen MR) is 163 cm³/mol. The molecule has 200 valence electrons. The molecule has 0 N–H and O–H groups in total. The predicted octanol–water partition coefficient (Wildman–Crippen LogP) is 10.4. The Morgan fingerprint density at radius 2 is 1.32 bits per heavy atom. The Bertz CT molecular complexity index is 1360. The highest BCUT2D eigenvalue weighted by Crippen LogP contribution is 2.65. The van der Waals surface area contributed by atoms with Crippen molar-refractivity contribution in [2.45, 2.75) is 111 Å². The SMILES string of the molecule is CC1=C(c2cc3c(cc2C(C)(C)C)Cc2cc(C(C)(C)C)ccc2-3)C(C)C=C1C12CC3CC(CC(C3)C1)C2. The first-order valence-electron chi connectivity index (χ1n) is 15.6. The van der Waals surface area contributed by atoms with Crippen molar-refractivity contribution in [3.63, 3.8) is 0 Å². The van der Waals surface area contributed by atoms with Crippen molar-refractivity contribution in [1.29, 1.82) is 0 Å². The second-order valence-corrected chi connectivity index (χ2v) is 16.2. The molecule has 4 bridgehead atoms. The minimum Gasteiger partial charge on any atom is -0.0732 e. The van der Waals surface area contributed by atoms with E-state index in [1.165, 1.54) is 71.9 Å². The van der Waals surface area contributed by atoms with E-state index in [4.69, 9.17) is 0 Å². The second kappa shape index (κ2) is 7.99. The number of benzene rings is 2. The fourth-order valence-electron chi connectivity index (χ4n) is 9.97. The van der Waals surface area contributed by atoms with Gasteiger partial charge in [0.15, 0.2) is 0 Å². The molecule has 6 aliphatic carbocycles. The number of rotatable bonds is 2. The minimum absolute atomic E-state index is 0.117. The largest absolute Gasteiger partial charge is 0.0732 e.